The summed E-state index contributed by atoms with van der Waals surface area (Å²) < 4.78 is 3.48. The molecule has 0 saturated carbocycles. The summed E-state index contributed by atoms with van der Waals surface area (Å²) in [4.78, 5) is 14.0. The molecule has 0 bridgehead atoms. The monoisotopic (exact) mass is 353 g/mol. The van der Waals surface area contributed by atoms with Crippen LogP contribution in [0, 0.1) is 13.8 Å². The standard InChI is InChI=1S/C18H23N7O/c1-5-6-7-26-23-14(3)16-10-22-25(15(16)4)18-8-17(19-12-20-18)24-11-13(2)9-21-24/h8-12H,5-7H2,1-4H3. The van der Waals surface area contributed by atoms with Crippen molar-refractivity contribution < 1.29 is 4.84 Å². The number of rotatable bonds is 7. The smallest absolute Gasteiger partial charge is 0.159 e. The van der Waals surface area contributed by atoms with E-state index in [1.807, 2.05) is 33.0 Å². The van der Waals surface area contributed by atoms with Crippen LogP contribution in [0.3, 0.4) is 0 Å². The molecule has 136 valence electrons. The lowest BCUT2D eigenvalue weighted by atomic mass is 10.2. The van der Waals surface area contributed by atoms with Gasteiger partial charge < -0.3 is 4.84 Å². The fraction of sp³-hybridized carbons (Fsp3) is 0.389. The summed E-state index contributed by atoms with van der Waals surface area (Å²) in [5.41, 5.74) is 3.72. The summed E-state index contributed by atoms with van der Waals surface area (Å²) >= 11 is 0. The maximum absolute atomic E-state index is 5.35. The number of oxime groups is 1. The summed E-state index contributed by atoms with van der Waals surface area (Å²) in [6, 6.07) is 1.85. The van der Waals surface area contributed by atoms with Gasteiger partial charge in [0.1, 0.15) is 12.9 Å². The Morgan fingerprint density at radius 1 is 1.15 bits per heavy atom. The van der Waals surface area contributed by atoms with Gasteiger partial charge in [0.2, 0.25) is 0 Å². The molecule has 3 heterocycles. The Morgan fingerprint density at radius 3 is 2.69 bits per heavy atom. The maximum Gasteiger partial charge on any atom is 0.159 e. The number of aromatic nitrogens is 6. The predicted octanol–water partition coefficient (Wildman–Crippen LogP) is 3.01. The van der Waals surface area contributed by atoms with E-state index in [4.69, 9.17) is 4.84 Å². The molecule has 0 aromatic carbocycles. The highest BCUT2D eigenvalue weighted by atomic mass is 16.6. The number of hydrogen-bond acceptors (Lipinski definition) is 6. The molecule has 0 atom stereocenters. The molecule has 0 aliphatic rings. The minimum Gasteiger partial charge on any atom is -0.396 e. The summed E-state index contributed by atoms with van der Waals surface area (Å²) in [6.07, 6.45) is 9.06. The highest BCUT2D eigenvalue weighted by Gasteiger charge is 2.13. The van der Waals surface area contributed by atoms with Crippen LogP contribution in [0.25, 0.3) is 11.6 Å². The summed E-state index contributed by atoms with van der Waals surface area (Å²) in [7, 11) is 0. The molecule has 0 unspecified atom stereocenters. The van der Waals surface area contributed by atoms with Gasteiger partial charge in [-0.1, -0.05) is 18.5 Å². The highest BCUT2D eigenvalue weighted by Crippen LogP contribution is 2.15. The molecule has 8 heteroatoms. The van der Waals surface area contributed by atoms with Gasteiger partial charge in [-0.05, 0) is 32.8 Å². The molecule has 0 aliphatic carbocycles. The Kier molecular flexibility index (Phi) is 5.40. The third-order valence-electron chi connectivity index (χ3n) is 3.99. The Morgan fingerprint density at radius 2 is 1.96 bits per heavy atom. The molecule has 26 heavy (non-hydrogen) atoms. The number of aryl methyl sites for hydroxylation is 1. The third kappa shape index (κ3) is 3.79. The summed E-state index contributed by atoms with van der Waals surface area (Å²) in [5, 5.41) is 12.9. The van der Waals surface area contributed by atoms with E-state index in [0.717, 1.165) is 35.4 Å². The average Bonchev–Trinajstić information content (AvgIpc) is 3.24. The van der Waals surface area contributed by atoms with E-state index in [1.54, 1.807) is 21.8 Å². The van der Waals surface area contributed by atoms with Crippen LogP contribution in [0.1, 0.15) is 43.5 Å². The second kappa shape index (κ2) is 7.90. The van der Waals surface area contributed by atoms with E-state index in [2.05, 4.69) is 32.2 Å². The van der Waals surface area contributed by atoms with Crippen LogP contribution in [0.5, 0.6) is 0 Å². The van der Waals surface area contributed by atoms with Crippen LogP contribution in [-0.2, 0) is 4.84 Å². The molecule has 0 radical (unpaired) electrons. The molecule has 3 aromatic heterocycles. The van der Waals surface area contributed by atoms with E-state index in [-0.39, 0.29) is 0 Å². The normalized spacial score (nSPS) is 11.8. The first-order valence-corrected chi connectivity index (χ1v) is 8.65. The molecule has 0 N–H and O–H groups in total. The van der Waals surface area contributed by atoms with Gasteiger partial charge in [-0.2, -0.15) is 10.2 Å². The van der Waals surface area contributed by atoms with Crippen LogP contribution in [-0.4, -0.2) is 41.8 Å². The van der Waals surface area contributed by atoms with Crippen molar-refractivity contribution in [2.24, 2.45) is 5.16 Å². The molecule has 0 saturated heterocycles. The largest absolute Gasteiger partial charge is 0.396 e. The van der Waals surface area contributed by atoms with Crippen LogP contribution in [0.15, 0.2) is 36.1 Å². The zero-order chi connectivity index (χ0) is 18.5. The van der Waals surface area contributed by atoms with Crippen LogP contribution >= 0.6 is 0 Å². The predicted molar refractivity (Wildman–Crippen MR) is 98.8 cm³/mol. The lowest BCUT2D eigenvalue weighted by Gasteiger charge is -2.06. The first kappa shape index (κ1) is 17.8. The third-order valence-corrected chi connectivity index (χ3v) is 3.99. The van der Waals surface area contributed by atoms with Crippen LogP contribution < -0.4 is 0 Å². The lowest BCUT2D eigenvalue weighted by molar-refractivity contribution is 0.141. The molecule has 3 rings (SSSR count). The first-order valence-electron chi connectivity index (χ1n) is 8.65. The van der Waals surface area contributed by atoms with E-state index in [0.29, 0.717) is 18.2 Å². The Labute approximate surface area is 152 Å². The topological polar surface area (TPSA) is 83.0 Å². The van der Waals surface area contributed by atoms with E-state index in [1.165, 1.54) is 6.33 Å². The zero-order valence-corrected chi connectivity index (χ0v) is 15.5. The van der Waals surface area contributed by atoms with Crippen molar-refractivity contribution in [1.82, 2.24) is 29.5 Å². The molecule has 0 fully saturated rings. The van der Waals surface area contributed by atoms with Gasteiger partial charge in [0, 0.05) is 17.8 Å². The molecule has 0 spiro atoms. The van der Waals surface area contributed by atoms with Crippen molar-refractivity contribution in [2.45, 2.75) is 40.5 Å². The Bertz CT molecular complexity index is 910. The second-order valence-electron chi connectivity index (χ2n) is 6.12. The zero-order valence-electron chi connectivity index (χ0n) is 15.5. The summed E-state index contributed by atoms with van der Waals surface area (Å²) in [5.74, 6) is 1.36. The summed E-state index contributed by atoms with van der Waals surface area (Å²) in [6.45, 7) is 8.62. The maximum atomic E-state index is 5.35. The van der Waals surface area contributed by atoms with E-state index < -0.39 is 0 Å². The van der Waals surface area contributed by atoms with Gasteiger partial charge in [-0.3, -0.25) is 0 Å². The van der Waals surface area contributed by atoms with Gasteiger partial charge in [0.05, 0.1) is 23.8 Å². The molecule has 3 aromatic rings. The van der Waals surface area contributed by atoms with Gasteiger partial charge in [0.25, 0.3) is 0 Å². The lowest BCUT2D eigenvalue weighted by Crippen LogP contribution is -2.07. The Hall–Kier alpha value is -3.03. The average molecular weight is 353 g/mol. The van der Waals surface area contributed by atoms with Gasteiger partial charge in [-0.25, -0.2) is 19.3 Å². The molecule has 0 amide bonds. The van der Waals surface area contributed by atoms with Crippen LogP contribution in [0.2, 0.25) is 0 Å². The van der Waals surface area contributed by atoms with Crippen molar-refractivity contribution in [2.75, 3.05) is 6.61 Å². The second-order valence-corrected chi connectivity index (χ2v) is 6.12. The van der Waals surface area contributed by atoms with Crippen molar-refractivity contribution in [3.8, 4) is 11.6 Å². The molecular weight excluding hydrogens is 330 g/mol. The fourth-order valence-electron chi connectivity index (χ4n) is 2.51. The van der Waals surface area contributed by atoms with Gasteiger partial charge in [0.15, 0.2) is 11.6 Å². The molecule has 8 nitrogen and oxygen atoms in total. The highest BCUT2D eigenvalue weighted by molar-refractivity contribution is 5.99. The number of unbranched alkanes of at least 4 members (excludes halogenated alkanes) is 1. The van der Waals surface area contributed by atoms with E-state index >= 15 is 0 Å². The molecule has 0 aliphatic heterocycles. The van der Waals surface area contributed by atoms with Gasteiger partial charge >= 0.3 is 0 Å². The minimum atomic E-state index is 0.625. The van der Waals surface area contributed by atoms with Gasteiger partial charge in [-0.15, -0.1) is 0 Å². The fourth-order valence-corrected chi connectivity index (χ4v) is 2.51. The van der Waals surface area contributed by atoms with Crippen molar-refractivity contribution in [3.05, 3.63) is 47.8 Å². The van der Waals surface area contributed by atoms with Crippen molar-refractivity contribution in [3.63, 3.8) is 0 Å². The van der Waals surface area contributed by atoms with Crippen molar-refractivity contribution in [1.29, 1.82) is 0 Å². The number of nitrogens with zero attached hydrogens (tertiary/aromatic N) is 7. The quantitative estimate of drug-likeness (QED) is 0.370. The molecular formula is C18H23N7O. The van der Waals surface area contributed by atoms with Crippen molar-refractivity contribution >= 4 is 5.71 Å². The number of hydrogen-bond donors (Lipinski definition) is 0. The van der Waals surface area contributed by atoms with E-state index in [9.17, 15) is 0 Å². The first-order chi connectivity index (χ1) is 12.6. The van der Waals surface area contributed by atoms with Crippen LogP contribution in [0.4, 0.5) is 0 Å². The minimum absolute atomic E-state index is 0.625. The Balaban J connectivity index is 1.86. The SMILES string of the molecule is CCCCON=C(C)c1cnn(-c2cc(-n3cc(C)cn3)ncn2)c1C.